The lowest BCUT2D eigenvalue weighted by molar-refractivity contribution is -0.150. The monoisotopic (exact) mass is 270 g/mol. The molecule has 0 radical (unpaired) electrons. The number of hydrogen-bond donors (Lipinski definition) is 1. The molecule has 2 fully saturated rings. The summed E-state index contributed by atoms with van der Waals surface area (Å²) in [6.45, 7) is 4.79. The third-order valence-electron chi connectivity index (χ3n) is 4.41. The number of aliphatic carboxylic acids is 1. The number of nitrogens with zero attached hydrogens (tertiary/aromatic N) is 2. The van der Waals surface area contributed by atoms with Gasteiger partial charge in [0.15, 0.2) is 0 Å². The Kier molecular flexibility index (Phi) is 4.81. The van der Waals surface area contributed by atoms with Crippen molar-refractivity contribution < 1.29 is 14.6 Å². The summed E-state index contributed by atoms with van der Waals surface area (Å²) in [5, 5.41) is 9.45. The molecule has 5 nitrogen and oxygen atoms in total. The maximum absolute atomic E-state index is 11.5. The summed E-state index contributed by atoms with van der Waals surface area (Å²) in [6.07, 6.45) is 3.00. The topological polar surface area (TPSA) is 53.0 Å². The minimum Gasteiger partial charge on any atom is -0.481 e. The Balaban J connectivity index is 1.83. The van der Waals surface area contributed by atoms with Gasteiger partial charge >= 0.3 is 5.97 Å². The number of rotatable bonds is 5. The highest BCUT2D eigenvalue weighted by Crippen LogP contribution is 2.31. The fraction of sp³-hybridized carbons (Fsp3) is 0.929. The highest BCUT2D eigenvalue weighted by atomic mass is 16.5. The molecule has 0 aliphatic carbocycles. The third-order valence-corrected chi connectivity index (χ3v) is 4.41. The summed E-state index contributed by atoms with van der Waals surface area (Å²) in [4.78, 5) is 16.0. The summed E-state index contributed by atoms with van der Waals surface area (Å²) in [6, 6.07) is 0. The quantitative estimate of drug-likeness (QED) is 0.799. The van der Waals surface area contributed by atoms with E-state index in [0.29, 0.717) is 26.2 Å². The van der Waals surface area contributed by atoms with Gasteiger partial charge in [0.25, 0.3) is 0 Å². The Morgan fingerprint density at radius 3 is 2.58 bits per heavy atom. The molecule has 0 amide bonds. The van der Waals surface area contributed by atoms with Gasteiger partial charge in [-0.05, 0) is 52.4 Å². The molecule has 0 aromatic heterocycles. The van der Waals surface area contributed by atoms with Crippen LogP contribution < -0.4 is 0 Å². The summed E-state index contributed by atoms with van der Waals surface area (Å²) in [5.74, 6) is 0.0623. The van der Waals surface area contributed by atoms with Gasteiger partial charge in [0.05, 0.1) is 6.61 Å². The molecule has 0 aromatic rings. The Hall–Kier alpha value is -0.650. The number of ether oxygens (including phenoxy) is 1. The van der Waals surface area contributed by atoms with Crippen molar-refractivity contribution in [2.45, 2.75) is 19.3 Å². The second kappa shape index (κ2) is 6.20. The molecule has 2 saturated heterocycles. The fourth-order valence-corrected chi connectivity index (χ4v) is 3.24. The van der Waals surface area contributed by atoms with Crippen LogP contribution in [-0.4, -0.2) is 74.4 Å². The summed E-state index contributed by atoms with van der Waals surface area (Å²) < 4.78 is 5.32. The summed E-state index contributed by atoms with van der Waals surface area (Å²) in [7, 11) is 4.23. The predicted octanol–water partition coefficient (Wildman–Crippen LogP) is 0.751. The molecular weight excluding hydrogens is 244 g/mol. The Labute approximate surface area is 115 Å². The molecule has 0 bridgehead atoms. The van der Waals surface area contributed by atoms with E-state index in [1.807, 2.05) is 0 Å². The molecule has 5 heteroatoms. The zero-order chi connectivity index (χ0) is 13.9. The molecule has 1 unspecified atom stereocenters. The van der Waals surface area contributed by atoms with Crippen LogP contribution in [0.15, 0.2) is 0 Å². The van der Waals surface area contributed by atoms with Gasteiger partial charge in [-0.2, -0.15) is 0 Å². The molecule has 19 heavy (non-hydrogen) atoms. The lowest BCUT2D eigenvalue weighted by atomic mass is 9.85. The van der Waals surface area contributed by atoms with E-state index in [1.54, 1.807) is 0 Å². The van der Waals surface area contributed by atoms with Gasteiger partial charge in [0.2, 0.25) is 0 Å². The lowest BCUT2D eigenvalue weighted by Gasteiger charge is -2.37. The predicted molar refractivity (Wildman–Crippen MR) is 73.2 cm³/mol. The number of carboxylic acid groups (broad SMARTS) is 1. The van der Waals surface area contributed by atoms with Crippen LogP contribution in [0.2, 0.25) is 0 Å². The van der Waals surface area contributed by atoms with Crippen LogP contribution in [-0.2, 0) is 9.53 Å². The van der Waals surface area contributed by atoms with Gasteiger partial charge in [-0.3, -0.25) is 4.79 Å². The van der Waals surface area contributed by atoms with Crippen LogP contribution in [0.5, 0.6) is 0 Å². The normalized spacial score (nSPS) is 30.1. The molecule has 2 aliphatic heterocycles. The van der Waals surface area contributed by atoms with E-state index >= 15 is 0 Å². The molecule has 1 atom stereocenters. The standard InChI is InChI=1S/C14H26N2O3/c1-15(2)9-12-3-6-16(7-4-12)10-14(13(17)18)5-8-19-11-14/h12H,3-11H2,1-2H3,(H,17,18). The molecule has 1 N–H and O–H groups in total. The molecule has 0 spiro atoms. The van der Waals surface area contributed by atoms with Crippen LogP contribution in [0.4, 0.5) is 0 Å². The molecule has 0 aromatic carbocycles. The highest BCUT2D eigenvalue weighted by Gasteiger charge is 2.44. The van der Waals surface area contributed by atoms with E-state index in [0.717, 1.165) is 25.6 Å². The maximum Gasteiger partial charge on any atom is 0.313 e. The first kappa shape index (κ1) is 14.8. The Morgan fingerprint density at radius 1 is 1.42 bits per heavy atom. The van der Waals surface area contributed by atoms with E-state index in [9.17, 15) is 9.90 Å². The average Bonchev–Trinajstić information content (AvgIpc) is 2.81. The van der Waals surface area contributed by atoms with Crippen LogP contribution in [0.3, 0.4) is 0 Å². The molecule has 110 valence electrons. The van der Waals surface area contributed by atoms with Crippen molar-refractivity contribution in [3.8, 4) is 0 Å². The van der Waals surface area contributed by atoms with Crippen molar-refractivity contribution in [2.75, 3.05) is 53.5 Å². The molecule has 0 saturated carbocycles. The van der Waals surface area contributed by atoms with Gasteiger partial charge in [0.1, 0.15) is 5.41 Å². The summed E-state index contributed by atoms with van der Waals surface area (Å²) in [5.41, 5.74) is -0.658. The van der Waals surface area contributed by atoms with E-state index in [-0.39, 0.29) is 0 Å². The van der Waals surface area contributed by atoms with Crippen LogP contribution >= 0.6 is 0 Å². The number of hydrogen-bond acceptors (Lipinski definition) is 4. The number of carboxylic acids is 1. The molecular formula is C14H26N2O3. The molecule has 2 heterocycles. The highest BCUT2D eigenvalue weighted by molar-refractivity contribution is 5.75. The van der Waals surface area contributed by atoms with Crippen LogP contribution in [0, 0.1) is 11.3 Å². The van der Waals surface area contributed by atoms with E-state index < -0.39 is 11.4 Å². The average molecular weight is 270 g/mol. The molecule has 2 aliphatic rings. The van der Waals surface area contributed by atoms with Crippen LogP contribution in [0.1, 0.15) is 19.3 Å². The SMILES string of the molecule is CN(C)CC1CCN(CC2(C(=O)O)CCOC2)CC1. The first-order valence-corrected chi connectivity index (χ1v) is 7.20. The van der Waals surface area contributed by atoms with Gasteiger partial charge in [-0.15, -0.1) is 0 Å². The van der Waals surface area contributed by atoms with Crippen molar-refractivity contribution >= 4 is 5.97 Å². The van der Waals surface area contributed by atoms with Crippen molar-refractivity contribution in [1.82, 2.24) is 9.80 Å². The number of piperidine rings is 1. The van der Waals surface area contributed by atoms with E-state index in [4.69, 9.17) is 4.74 Å². The van der Waals surface area contributed by atoms with Gasteiger partial charge in [0, 0.05) is 19.7 Å². The fourth-order valence-electron chi connectivity index (χ4n) is 3.24. The van der Waals surface area contributed by atoms with Crippen molar-refractivity contribution in [1.29, 1.82) is 0 Å². The minimum atomic E-state index is -0.694. The largest absolute Gasteiger partial charge is 0.481 e. The Morgan fingerprint density at radius 2 is 2.11 bits per heavy atom. The van der Waals surface area contributed by atoms with Gasteiger partial charge in [-0.25, -0.2) is 0 Å². The Bertz CT molecular complexity index is 306. The summed E-state index contributed by atoms with van der Waals surface area (Å²) >= 11 is 0. The first-order chi connectivity index (χ1) is 9.02. The van der Waals surface area contributed by atoms with Crippen LogP contribution in [0.25, 0.3) is 0 Å². The second-order valence-corrected chi connectivity index (χ2v) is 6.37. The van der Waals surface area contributed by atoms with Crippen molar-refractivity contribution in [3.63, 3.8) is 0 Å². The van der Waals surface area contributed by atoms with Gasteiger partial charge in [-0.1, -0.05) is 0 Å². The number of likely N-dealkylation sites (tertiary alicyclic amines) is 1. The third kappa shape index (κ3) is 3.68. The van der Waals surface area contributed by atoms with Gasteiger partial charge < -0.3 is 19.6 Å². The second-order valence-electron chi connectivity index (χ2n) is 6.37. The first-order valence-electron chi connectivity index (χ1n) is 7.20. The van der Waals surface area contributed by atoms with E-state index in [2.05, 4.69) is 23.9 Å². The molecule has 2 rings (SSSR count). The zero-order valence-corrected chi connectivity index (χ0v) is 12.1. The zero-order valence-electron chi connectivity index (χ0n) is 12.1. The smallest absolute Gasteiger partial charge is 0.313 e. The van der Waals surface area contributed by atoms with Crippen molar-refractivity contribution in [3.05, 3.63) is 0 Å². The van der Waals surface area contributed by atoms with E-state index in [1.165, 1.54) is 12.8 Å². The minimum absolute atomic E-state index is 0.375. The maximum atomic E-state index is 11.5. The number of carbonyl (C=O) groups is 1. The lowest BCUT2D eigenvalue weighted by Crippen LogP contribution is -2.47. The van der Waals surface area contributed by atoms with Crippen molar-refractivity contribution in [2.24, 2.45) is 11.3 Å².